The Morgan fingerprint density at radius 3 is 2.70 bits per heavy atom. The molecule has 0 spiro atoms. The van der Waals surface area contributed by atoms with Gasteiger partial charge in [0.05, 0.1) is 19.3 Å². The lowest BCUT2D eigenvalue weighted by Crippen LogP contribution is -2.36. The van der Waals surface area contributed by atoms with E-state index >= 15 is 0 Å². The highest BCUT2D eigenvalue weighted by molar-refractivity contribution is 5.97. The fraction of sp³-hybridized carbons (Fsp3) is 0.444. The van der Waals surface area contributed by atoms with E-state index in [1.54, 1.807) is 6.07 Å². The molecule has 5 heteroatoms. The Morgan fingerprint density at radius 1 is 1.09 bits per heavy atom. The van der Waals surface area contributed by atoms with Crippen molar-refractivity contribution in [3.05, 3.63) is 47.5 Å². The average molecular weight is 317 g/mol. The summed E-state index contributed by atoms with van der Waals surface area (Å²) in [5, 5.41) is 2.75. The molecule has 124 valence electrons. The molecule has 1 N–H and O–H groups in total. The summed E-state index contributed by atoms with van der Waals surface area (Å²) in [5.41, 5.74) is 1.38. The molecule has 0 unspecified atom stereocenters. The zero-order chi connectivity index (χ0) is 16.3. The van der Waals surface area contributed by atoms with E-state index in [0.29, 0.717) is 38.4 Å². The van der Waals surface area contributed by atoms with Crippen molar-refractivity contribution in [2.45, 2.75) is 31.9 Å². The number of fused-ring (bicyclic) bond motifs is 1. The van der Waals surface area contributed by atoms with Crippen LogP contribution in [0, 0.1) is 0 Å². The first-order chi connectivity index (χ1) is 11.3. The lowest BCUT2D eigenvalue weighted by Gasteiger charge is -2.14. The van der Waals surface area contributed by atoms with E-state index in [4.69, 9.17) is 9.47 Å². The number of carbonyl (C=O) groups excluding carboxylic acids is 2. The predicted molar refractivity (Wildman–Crippen MR) is 87.2 cm³/mol. The van der Waals surface area contributed by atoms with Gasteiger partial charge in [-0.1, -0.05) is 30.4 Å². The molecule has 1 aromatic rings. The molecule has 1 aliphatic heterocycles. The summed E-state index contributed by atoms with van der Waals surface area (Å²) in [5.74, 6) is -0.252. The van der Waals surface area contributed by atoms with Gasteiger partial charge in [-0.15, -0.1) is 0 Å². The van der Waals surface area contributed by atoms with Crippen molar-refractivity contribution in [1.29, 1.82) is 0 Å². The number of nitrogens with one attached hydrogen (secondary N) is 1. The summed E-state index contributed by atoms with van der Waals surface area (Å²) < 4.78 is 11.1. The molecular formula is C18H23NO4. The smallest absolute Gasteiger partial charge is 0.252 e. The molecule has 0 fully saturated rings. The Morgan fingerprint density at radius 2 is 1.87 bits per heavy atom. The summed E-state index contributed by atoms with van der Waals surface area (Å²) in [6, 6.07) is 6.77. The van der Waals surface area contributed by atoms with Crippen LogP contribution >= 0.6 is 0 Å². The first-order valence-corrected chi connectivity index (χ1v) is 7.96. The van der Waals surface area contributed by atoms with Crippen molar-refractivity contribution < 1.29 is 19.1 Å². The van der Waals surface area contributed by atoms with Gasteiger partial charge in [0.25, 0.3) is 5.91 Å². The molecule has 0 radical (unpaired) electrons. The van der Waals surface area contributed by atoms with E-state index in [9.17, 15) is 9.59 Å². The summed E-state index contributed by atoms with van der Waals surface area (Å²) in [4.78, 5) is 23.5. The topological polar surface area (TPSA) is 64.6 Å². The van der Waals surface area contributed by atoms with Crippen molar-refractivity contribution in [2.75, 3.05) is 19.8 Å². The molecule has 0 aliphatic carbocycles. The molecule has 5 nitrogen and oxygen atoms in total. The first kappa shape index (κ1) is 17.4. The normalized spacial score (nSPS) is 22.6. The number of aldehydes is 1. The molecule has 0 saturated heterocycles. The monoisotopic (exact) mass is 317 g/mol. The van der Waals surface area contributed by atoms with Crippen LogP contribution in [0.15, 0.2) is 36.4 Å². The fourth-order valence-electron chi connectivity index (χ4n) is 2.31. The number of benzene rings is 1. The van der Waals surface area contributed by atoms with E-state index in [-0.39, 0.29) is 5.91 Å². The van der Waals surface area contributed by atoms with Gasteiger partial charge in [0.15, 0.2) is 0 Å². The minimum atomic E-state index is -0.541. The Hall–Kier alpha value is -1.98. The average Bonchev–Trinajstić information content (AvgIpc) is 2.57. The molecule has 1 heterocycles. The molecule has 0 aromatic heterocycles. The van der Waals surface area contributed by atoms with Crippen molar-refractivity contribution in [3.63, 3.8) is 0 Å². The van der Waals surface area contributed by atoms with Crippen LogP contribution in [0.4, 0.5) is 0 Å². The van der Waals surface area contributed by atoms with Gasteiger partial charge in [-0.2, -0.15) is 0 Å². The van der Waals surface area contributed by atoms with Gasteiger partial charge in [-0.3, -0.25) is 4.79 Å². The summed E-state index contributed by atoms with van der Waals surface area (Å²) in [6.07, 6.45) is 6.81. The molecule has 1 aromatic carbocycles. The van der Waals surface area contributed by atoms with Gasteiger partial charge >= 0.3 is 0 Å². The van der Waals surface area contributed by atoms with Crippen LogP contribution in [0.3, 0.4) is 0 Å². The number of ether oxygens (including phenoxy) is 2. The maximum absolute atomic E-state index is 12.4. The van der Waals surface area contributed by atoms with Crippen molar-refractivity contribution >= 4 is 12.2 Å². The van der Waals surface area contributed by atoms with Gasteiger partial charge in [0.2, 0.25) is 0 Å². The van der Waals surface area contributed by atoms with Crippen LogP contribution < -0.4 is 5.32 Å². The Labute approximate surface area is 136 Å². The number of hydrogen-bond acceptors (Lipinski definition) is 4. The van der Waals surface area contributed by atoms with Gasteiger partial charge < -0.3 is 19.6 Å². The molecule has 1 aliphatic rings. The number of rotatable bonds is 1. The SMILES string of the molecule is O=C[C@@H]1C/C=C\COCCCCOCc2ccccc2C(=O)N1. The quantitative estimate of drug-likeness (QED) is 0.637. The third-order valence-electron chi connectivity index (χ3n) is 3.60. The molecule has 0 bridgehead atoms. The van der Waals surface area contributed by atoms with Crippen LogP contribution in [0.5, 0.6) is 0 Å². The van der Waals surface area contributed by atoms with E-state index < -0.39 is 6.04 Å². The largest absolute Gasteiger partial charge is 0.377 e. The van der Waals surface area contributed by atoms with Gasteiger partial charge in [-0.05, 0) is 30.9 Å². The number of amides is 1. The van der Waals surface area contributed by atoms with Crippen LogP contribution in [-0.2, 0) is 20.9 Å². The van der Waals surface area contributed by atoms with E-state index in [2.05, 4.69) is 5.32 Å². The van der Waals surface area contributed by atoms with Crippen molar-refractivity contribution in [1.82, 2.24) is 5.32 Å². The Kier molecular flexibility index (Phi) is 7.49. The highest BCUT2D eigenvalue weighted by Gasteiger charge is 2.15. The standard InChI is InChI=1S/C18H23NO4/c20-13-16-8-3-4-10-22-11-5-6-12-23-14-15-7-1-2-9-17(15)18(21)19-16/h1-4,7,9,13,16H,5-6,8,10-12,14H2,(H,19,21)/b4-3-/t16-/m0/s1. The second kappa shape index (κ2) is 9.92. The summed E-state index contributed by atoms with van der Waals surface area (Å²) in [6.45, 7) is 2.23. The van der Waals surface area contributed by atoms with Crippen LogP contribution in [0.2, 0.25) is 0 Å². The molecule has 1 atom stereocenters. The highest BCUT2D eigenvalue weighted by Crippen LogP contribution is 2.11. The van der Waals surface area contributed by atoms with Crippen LogP contribution in [-0.4, -0.2) is 38.1 Å². The minimum absolute atomic E-state index is 0.252. The molecular weight excluding hydrogens is 294 g/mol. The van der Waals surface area contributed by atoms with Gasteiger partial charge in [0, 0.05) is 18.8 Å². The first-order valence-electron chi connectivity index (χ1n) is 7.96. The van der Waals surface area contributed by atoms with Gasteiger partial charge in [-0.25, -0.2) is 0 Å². The third-order valence-corrected chi connectivity index (χ3v) is 3.60. The summed E-state index contributed by atoms with van der Waals surface area (Å²) in [7, 11) is 0. The van der Waals surface area contributed by atoms with E-state index in [1.165, 1.54) is 0 Å². The van der Waals surface area contributed by atoms with Crippen molar-refractivity contribution in [3.8, 4) is 0 Å². The third kappa shape index (κ3) is 5.96. The lowest BCUT2D eigenvalue weighted by atomic mass is 10.1. The molecule has 1 amide bonds. The van der Waals surface area contributed by atoms with Gasteiger partial charge in [0.1, 0.15) is 6.29 Å². The van der Waals surface area contributed by atoms with Crippen LogP contribution in [0.25, 0.3) is 0 Å². The fourth-order valence-corrected chi connectivity index (χ4v) is 2.31. The second-order valence-corrected chi connectivity index (χ2v) is 5.41. The lowest BCUT2D eigenvalue weighted by molar-refractivity contribution is -0.109. The van der Waals surface area contributed by atoms with Crippen LogP contribution in [0.1, 0.15) is 35.2 Å². The van der Waals surface area contributed by atoms with Crippen molar-refractivity contribution in [2.24, 2.45) is 0 Å². The Bertz CT molecular complexity index is 542. The summed E-state index contributed by atoms with van der Waals surface area (Å²) >= 11 is 0. The zero-order valence-corrected chi connectivity index (χ0v) is 13.2. The molecule has 2 rings (SSSR count). The maximum Gasteiger partial charge on any atom is 0.252 e. The number of carbonyl (C=O) groups is 2. The highest BCUT2D eigenvalue weighted by atomic mass is 16.5. The minimum Gasteiger partial charge on any atom is -0.377 e. The predicted octanol–water partition coefficient (Wildman–Crippen LogP) is 2.26. The molecule has 23 heavy (non-hydrogen) atoms. The number of hydrogen-bond donors (Lipinski definition) is 1. The molecule has 0 saturated carbocycles. The second-order valence-electron chi connectivity index (χ2n) is 5.41. The zero-order valence-electron chi connectivity index (χ0n) is 13.2. The van der Waals surface area contributed by atoms with E-state index in [1.807, 2.05) is 30.4 Å². The van der Waals surface area contributed by atoms with E-state index in [0.717, 1.165) is 24.7 Å². The maximum atomic E-state index is 12.4. The Balaban J connectivity index is 2.10.